The molecule has 0 aliphatic heterocycles. The maximum Gasteiger partial charge on any atom is 0.314 e. The van der Waals surface area contributed by atoms with Gasteiger partial charge in [0.05, 0.1) is 11.6 Å². The van der Waals surface area contributed by atoms with Crippen molar-refractivity contribution < 1.29 is 22.0 Å². The molecule has 2 aromatic heterocycles. The zero-order chi connectivity index (χ0) is 18.7. The molecule has 136 valence electrons. The highest BCUT2D eigenvalue weighted by molar-refractivity contribution is 5.50. The third-order valence-corrected chi connectivity index (χ3v) is 3.59. The first-order valence-electron chi connectivity index (χ1n) is 7.64. The van der Waals surface area contributed by atoms with Crippen LogP contribution in [0.1, 0.15) is 37.3 Å². The SMILES string of the molecule is CCC(Nc1ncc(-c2nnc(C(F)F)o2)cn1)c1c(F)cccc1F. The van der Waals surface area contributed by atoms with Crippen LogP contribution >= 0.6 is 0 Å². The molecule has 1 unspecified atom stereocenters. The second kappa shape index (κ2) is 7.46. The summed E-state index contributed by atoms with van der Waals surface area (Å²) in [5.74, 6) is -2.20. The standard InChI is InChI=1S/C16H13F4N5O/c1-2-11(12-9(17)4-3-5-10(12)18)23-16-21-6-8(7-22-16)14-24-25-15(26-14)13(19)20/h3-7,11,13H,2H2,1H3,(H,21,22,23). The Hall–Kier alpha value is -3.04. The fourth-order valence-electron chi connectivity index (χ4n) is 2.33. The molecular weight excluding hydrogens is 354 g/mol. The van der Waals surface area contributed by atoms with Crippen molar-refractivity contribution in [2.75, 3.05) is 5.32 Å². The Morgan fingerprint density at radius 1 is 1.08 bits per heavy atom. The Bertz CT molecular complexity index is 864. The van der Waals surface area contributed by atoms with E-state index >= 15 is 0 Å². The van der Waals surface area contributed by atoms with Crippen molar-refractivity contribution in [3.05, 3.63) is 53.7 Å². The van der Waals surface area contributed by atoms with Crippen LogP contribution in [0.25, 0.3) is 11.5 Å². The predicted molar refractivity (Wildman–Crippen MR) is 83.3 cm³/mol. The number of rotatable bonds is 6. The van der Waals surface area contributed by atoms with Crippen molar-refractivity contribution in [1.82, 2.24) is 20.2 Å². The van der Waals surface area contributed by atoms with Crippen LogP contribution in [0, 0.1) is 11.6 Å². The van der Waals surface area contributed by atoms with E-state index in [2.05, 4.69) is 25.5 Å². The number of hydrogen-bond donors (Lipinski definition) is 1. The van der Waals surface area contributed by atoms with Gasteiger partial charge in [-0.05, 0) is 18.6 Å². The third-order valence-electron chi connectivity index (χ3n) is 3.59. The van der Waals surface area contributed by atoms with Gasteiger partial charge in [-0.1, -0.05) is 13.0 Å². The molecule has 6 nitrogen and oxygen atoms in total. The van der Waals surface area contributed by atoms with Crippen molar-refractivity contribution in [3.63, 3.8) is 0 Å². The first-order valence-corrected chi connectivity index (χ1v) is 7.64. The van der Waals surface area contributed by atoms with Crippen molar-refractivity contribution in [2.45, 2.75) is 25.8 Å². The Morgan fingerprint density at radius 3 is 2.27 bits per heavy atom. The van der Waals surface area contributed by atoms with E-state index in [9.17, 15) is 17.6 Å². The molecule has 26 heavy (non-hydrogen) atoms. The lowest BCUT2D eigenvalue weighted by atomic mass is 10.0. The first kappa shape index (κ1) is 17.8. The molecule has 2 heterocycles. The molecule has 10 heteroatoms. The highest BCUT2D eigenvalue weighted by atomic mass is 19.3. The van der Waals surface area contributed by atoms with E-state index in [0.717, 1.165) is 0 Å². The second-order valence-corrected chi connectivity index (χ2v) is 5.28. The molecule has 0 aliphatic carbocycles. The van der Waals surface area contributed by atoms with E-state index in [-0.39, 0.29) is 23.0 Å². The molecule has 1 atom stereocenters. The van der Waals surface area contributed by atoms with E-state index in [1.807, 2.05) is 0 Å². The maximum atomic E-state index is 13.9. The van der Waals surface area contributed by atoms with E-state index in [1.165, 1.54) is 30.6 Å². The molecule has 0 spiro atoms. The summed E-state index contributed by atoms with van der Waals surface area (Å²) < 4.78 is 57.6. The Balaban J connectivity index is 1.79. The topological polar surface area (TPSA) is 76.7 Å². The van der Waals surface area contributed by atoms with Crippen molar-refractivity contribution >= 4 is 5.95 Å². The Morgan fingerprint density at radius 2 is 1.73 bits per heavy atom. The van der Waals surface area contributed by atoms with Crippen molar-refractivity contribution in [2.24, 2.45) is 0 Å². The number of hydrogen-bond acceptors (Lipinski definition) is 6. The summed E-state index contributed by atoms with van der Waals surface area (Å²) in [5.41, 5.74) is 0.126. The molecule has 3 rings (SSSR count). The smallest absolute Gasteiger partial charge is 0.314 e. The normalized spacial score (nSPS) is 12.4. The van der Waals surface area contributed by atoms with E-state index in [4.69, 9.17) is 4.42 Å². The van der Waals surface area contributed by atoms with Crippen LogP contribution in [0.4, 0.5) is 23.5 Å². The van der Waals surface area contributed by atoms with E-state index in [0.29, 0.717) is 6.42 Å². The van der Waals surface area contributed by atoms with Gasteiger partial charge in [0, 0.05) is 18.0 Å². The van der Waals surface area contributed by atoms with Gasteiger partial charge in [0.1, 0.15) is 11.6 Å². The van der Waals surface area contributed by atoms with Crippen LogP contribution in [0.15, 0.2) is 35.0 Å². The monoisotopic (exact) mass is 367 g/mol. The van der Waals surface area contributed by atoms with Crippen molar-refractivity contribution in [3.8, 4) is 11.5 Å². The average Bonchev–Trinajstić information content (AvgIpc) is 3.11. The fourth-order valence-corrected chi connectivity index (χ4v) is 2.33. The molecule has 3 aromatic rings. The molecule has 0 radical (unpaired) electrons. The summed E-state index contributed by atoms with van der Waals surface area (Å²) in [4.78, 5) is 8.00. The zero-order valence-corrected chi connectivity index (χ0v) is 13.5. The minimum Gasteiger partial charge on any atom is -0.415 e. The van der Waals surface area contributed by atoms with Crippen LogP contribution < -0.4 is 5.32 Å². The number of nitrogens with zero attached hydrogens (tertiary/aromatic N) is 4. The Kier molecular flexibility index (Phi) is 5.10. The van der Waals surface area contributed by atoms with Gasteiger partial charge in [0.15, 0.2) is 0 Å². The van der Waals surface area contributed by atoms with Gasteiger partial charge in [-0.2, -0.15) is 8.78 Å². The fraction of sp³-hybridized carbons (Fsp3) is 0.250. The number of nitrogens with one attached hydrogen (secondary N) is 1. The molecule has 1 aromatic carbocycles. The van der Waals surface area contributed by atoms with Gasteiger partial charge in [0.25, 0.3) is 11.8 Å². The highest BCUT2D eigenvalue weighted by Crippen LogP contribution is 2.27. The third kappa shape index (κ3) is 3.63. The van der Waals surface area contributed by atoms with Gasteiger partial charge in [-0.15, -0.1) is 10.2 Å². The molecule has 0 saturated carbocycles. The number of benzene rings is 1. The van der Waals surface area contributed by atoms with Crippen LogP contribution in [0.3, 0.4) is 0 Å². The number of halogens is 4. The van der Waals surface area contributed by atoms with Crippen LogP contribution in [-0.4, -0.2) is 20.2 Å². The molecule has 0 fully saturated rings. The summed E-state index contributed by atoms with van der Waals surface area (Å²) in [7, 11) is 0. The van der Waals surface area contributed by atoms with E-state index < -0.39 is 30.0 Å². The summed E-state index contributed by atoms with van der Waals surface area (Å²) in [6.07, 6.45) is 0.0641. The predicted octanol–water partition coefficient (Wildman–Crippen LogP) is 4.31. The molecule has 1 N–H and O–H groups in total. The van der Waals surface area contributed by atoms with Crippen molar-refractivity contribution in [1.29, 1.82) is 0 Å². The number of alkyl halides is 2. The minimum absolute atomic E-state index is 0.108. The Labute approximate surface area is 145 Å². The van der Waals surface area contributed by atoms with Crippen LogP contribution in [-0.2, 0) is 0 Å². The average molecular weight is 367 g/mol. The van der Waals surface area contributed by atoms with Crippen LogP contribution in [0.2, 0.25) is 0 Å². The second-order valence-electron chi connectivity index (χ2n) is 5.28. The summed E-state index contributed by atoms with van der Waals surface area (Å²) in [6.45, 7) is 1.75. The molecule has 0 bridgehead atoms. The van der Waals surface area contributed by atoms with Gasteiger partial charge in [-0.3, -0.25) is 0 Å². The van der Waals surface area contributed by atoms with Crippen LogP contribution in [0.5, 0.6) is 0 Å². The molecule has 0 aliphatic rings. The first-order chi connectivity index (χ1) is 12.5. The molecule has 0 saturated heterocycles. The lowest BCUT2D eigenvalue weighted by molar-refractivity contribution is 0.116. The number of anilines is 1. The lowest BCUT2D eigenvalue weighted by Crippen LogP contribution is -2.15. The quantitative estimate of drug-likeness (QED) is 0.655. The van der Waals surface area contributed by atoms with Gasteiger partial charge in [0.2, 0.25) is 5.95 Å². The molecular formula is C16H13F4N5O. The van der Waals surface area contributed by atoms with E-state index in [1.54, 1.807) is 6.92 Å². The van der Waals surface area contributed by atoms with Gasteiger partial charge in [-0.25, -0.2) is 18.7 Å². The lowest BCUT2D eigenvalue weighted by Gasteiger charge is -2.18. The maximum absolute atomic E-state index is 13.9. The summed E-state index contributed by atoms with van der Waals surface area (Å²) >= 11 is 0. The summed E-state index contributed by atoms with van der Waals surface area (Å²) in [6, 6.07) is 2.94. The zero-order valence-electron chi connectivity index (χ0n) is 13.5. The molecule has 0 amide bonds. The highest BCUT2D eigenvalue weighted by Gasteiger charge is 2.20. The summed E-state index contributed by atoms with van der Waals surface area (Å²) in [5, 5.41) is 9.54. The van der Waals surface area contributed by atoms with Gasteiger partial charge < -0.3 is 9.73 Å². The largest absolute Gasteiger partial charge is 0.415 e. The number of aromatic nitrogens is 4. The minimum atomic E-state index is -2.88. The van der Waals surface area contributed by atoms with Gasteiger partial charge >= 0.3 is 6.43 Å².